The highest BCUT2D eigenvalue weighted by Crippen LogP contribution is 2.34. The molecule has 1 atom stereocenters. The first-order chi connectivity index (χ1) is 12.4. The smallest absolute Gasteiger partial charge is 0.323 e. The number of nitrogens with zero attached hydrogens (tertiary/aromatic N) is 3. The summed E-state index contributed by atoms with van der Waals surface area (Å²) in [6, 6.07) is 4.53. The fourth-order valence-electron chi connectivity index (χ4n) is 2.94. The molecular formula is C19H28N6O. The number of carbonyl (C=O) groups excluding carboxylic acids is 1. The summed E-state index contributed by atoms with van der Waals surface area (Å²) in [5, 5.41) is 14.0. The van der Waals surface area contributed by atoms with Gasteiger partial charge in [0.1, 0.15) is 0 Å². The molecular weight excluding hydrogens is 328 g/mol. The molecule has 0 bridgehead atoms. The van der Waals surface area contributed by atoms with Crippen LogP contribution in [0.25, 0.3) is 5.57 Å². The predicted molar refractivity (Wildman–Crippen MR) is 106 cm³/mol. The van der Waals surface area contributed by atoms with Crippen LogP contribution in [-0.2, 0) is 0 Å². The Balaban J connectivity index is 1.96. The lowest BCUT2D eigenvalue weighted by Crippen LogP contribution is -2.52. The molecule has 26 heavy (non-hydrogen) atoms. The lowest BCUT2D eigenvalue weighted by molar-refractivity contribution is 0.243. The molecule has 0 spiro atoms. The van der Waals surface area contributed by atoms with E-state index >= 15 is 0 Å². The molecule has 3 N–H and O–H groups in total. The Morgan fingerprint density at radius 2 is 2.12 bits per heavy atom. The minimum atomic E-state index is -0.137. The molecule has 2 heterocycles. The molecule has 7 heteroatoms. The van der Waals surface area contributed by atoms with Gasteiger partial charge in [-0.1, -0.05) is 0 Å². The molecule has 2 amide bonds. The zero-order valence-corrected chi connectivity index (χ0v) is 15.9. The lowest BCUT2D eigenvalue weighted by Gasteiger charge is -2.39. The third-order valence-corrected chi connectivity index (χ3v) is 4.76. The summed E-state index contributed by atoms with van der Waals surface area (Å²) in [7, 11) is 2.02. The summed E-state index contributed by atoms with van der Waals surface area (Å²) in [6.45, 7) is 6.56. The molecule has 1 fully saturated rings. The van der Waals surface area contributed by atoms with Gasteiger partial charge in [0.2, 0.25) is 0 Å². The van der Waals surface area contributed by atoms with E-state index in [0.29, 0.717) is 29.7 Å². The average molecular weight is 356 g/mol. The van der Waals surface area contributed by atoms with Crippen molar-refractivity contribution in [2.45, 2.75) is 51.7 Å². The largest absolute Gasteiger partial charge is 0.388 e. The molecule has 2 aliphatic rings. The second-order valence-corrected chi connectivity index (χ2v) is 7.40. The van der Waals surface area contributed by atoms with Crippen LogP contribution in [0.2, 0.25) is 0 Å². The Hall–Kier alpha value is -2.57. The first-order valence-corrected chi connectivity index (χ1v) is 9.19. The van der Waals surface area contributed by atoms with Crippen molar-refractivity contribution in [3.8, 4) is 0 Å². The second-order valence-electron chi connectivity index (χ2n) is 7.40. The number of anilines is 2. The van der Waals surface area contributed by atoms with E-state index in [1.807, 2.05) is 39.2 Å². The number of urea groups is 1. The summed E-state index contributed by atoms with van der Waals surface area (Å²) >= 11 is 0. The van der Waals surface area contributed by atoms with E-state index in [2.05, 4.69) is 22.5 Å². The number of hydrogen-bond donors (Lipinski definition) is 3. The maximum Gasteiger partial charge on any atom is 0.323 e. The van der Waals surface area contributed by atoms with Gasteiger partial charge in [-0.2, -0.15) is 0 Å². The summed E-state index contributed by atoms with van der Waals surface area (Å²) < 4.78 is 0. The van der Waals surface area contributed by atoms with E-state index in [1.165, 1.54) is 19.1 Å². The zero-order valence-electron chi connectivity index (χ0n) is 15.9. The Morgan fingerprint density at radius 3 is 2.73 bits per heavy atom. The number of likely N-dealkylation sites (N-methyl/N-ethyl adjacent to an activating group) is 1. The van der Waals surface area contributed by atoms with E-state index in [9.17, 15) is 4.79 Å². The van der Waals surface area contributed by atoms with Crippen LogP contribution in [-0.4, -0.2) is 48.9 Å². The number of pyridine rings is 1. The topological polar surface area (TPSA) is 84.4 Å². The summed E-state index contributed by atoms with van der Waals surface area (Å²) in [5.41, 5.74) is 2.33. The van der Waals surface area contributed by atoms with Crippen molar-refractivity contribution in [3.05, 3.63) is 24.0 Å². The van der Waals surface area contributed by atoms with E-state index in [-0.39, 0.29) is 18.1 Å². The molecule has 1 aromatic heterocycles. The highest BCUT2D eigenvalue weighted by Gasteiger charge is 2.31. The van der Waals surface area contributed by atoms with Crippen LogP contribution in [0.5, 0.6) is 0 Å². The number of hydrogen-bond acceptors (Lipinski definition) is 5. The van der Waals surface area contributed by atoms with Crippen molar-refractivity contribution in [1.29, 1.82) is 5.41 Å². The van der Waals surface area contributed by atoms with Gasteiger partial charge < -0.3 is 20.9 Å². The molecule has 1 saturated carbocycles. The second kappa shape index (κ2) is 7.35. The number of aromatic nitrogens is 1. The standard InChI is InChI=1S/C19H28N6O/c1-12(2)22-19(26)25-11-13(3)24(4)17-8-7-16(23-18(17)25)14(9-20)10-21-15-5-6-15/h7-10,12-13,15,20-21H,5-6,11H2,1-4H3,(H,22,26)/b14-10+,20-9?. The van der Waals surface area contributed by atoms with Crippen molar-refractivity contribution in [3.63, 3.8) is 0 Å². The fraction of sp³-hybridized carbons (Fsp3) is 0.526. The van der Waals surface area contributed by atoms with Gasteiger partial charge in [0.05, 0.1) is 11.4 Å². The maximum absolute atomic E-state index is 12.7. The van der Waals surface area contributed by atoms with Gasteiger partial charge in [0.25, 0.3) is 0 Å². The van der Waals surface area contributed by atoms with Gasteiger partial charge in [0, 0.05) is 49.7 Å². The number of amides is 2. The van der Waals surface area contributed by atoms with Crippen LogP contribution in [0.4, 0.5) is 16.3 Å². The van der Waals surface area contributed by atoms with E-state index < -0.39 is 0 Å². The molecule has 1 aliphatic carbocycles. The maximum atomic E-state index is 12.7. The first kappa shape index (κ1) is 18.2. The molecule has 1 aromatic rings. The molecule has 0 saturated heterocycles. The summed E-state index contributed by atoms with van der Waals surface area (Å²) in [6.07, 6.45) is 5.50. The number of fused-ring (bicyclic) bond motifs is 1. The van der Waals surface area contributed by atoms with Crippen LogP contribution in [0, 0.1) is 5.41 Å². The Labute approximate surface area is 155 Å². The molecule has 0 radical (unpaired) electrons. The minimum absolute atomic E-state index is 0.0591. The number of carbonyl (C=O) groups is 1. The highest BCUT2D eigenvalue weighted by molar-refractivity contribution is 6.08. The van der Waals surface area contributed by atoms with Gasteiger partial charge in [-0.3, -0.25) is 4.90 Å². The van der Waals surface area contributed by atoms with Gasteiger partial charge in [0.15, 0.2) is 5.82 Å². The van der Waals surface area contributed by atoms with Crippen LogP contribution in [0.15, 0.2) is 18.3 Å². The monoisotopic (exact) mass is 356 g/mol. The van der Waals surface area contributed by atoms with Gasteiger partial charge in [-0.25, -0.2) is 9.78 Å². The fourth-order valence-corrected chi connectivity index (χ4v) is 2.94. The van der Waals surface area contributed by atoms with Crippen molar-refractivity contribution in [1.82, 2.24) is 15.6 Å². The van der Waals surface area contributed by atoms with E-state index in [4.69, 9.17) is 10.4 Å². The van der Waals surface area contributed by atoms with Crippen molar-refractivity contribution >= 4 is 29.3 Å². The molecule has 0 aromatic carbocycles. The predicted octanol–water partition coefficient (Wildman–Crippen LogP) is 2.59. The first-order valence-electron chi connectivity index (χ1n) is 9.19. The molecule has 1 unspecified atom stereocenters. The average Bonchev–Trinajstić information content (AvgIpc) is 3.42. The Kier molecular flexibility index (Phi) is 5.15. The lowest BCUT2D eigenvalue weighted by atomic mass is 10.1. The summed E-state index contributed by atoms with van der Waals surface area (Å²) in [5.74, 6) is 0.639. The number of rotatable bonds is 5. The van der Waals surface area contributed by atoms with Crippen LogP contribution in [0.1, 0.15) is 39.3 Å². The van der Waals surface area contributed by atoms with Crippen molar-refractivity contribution in [2.24, 2.45) is 0 Å². The van der Waals surface area contributed by atoms with E-state index in [0.717, 1.165) is 5.69 Å². The van der Waals surface area contributed by atoms with Crippen LogP contribution in [0.3, 0.4) is 0 Å². The van der Waals surface area contributed by atoms with Crippen LogP contribution >= 0.6 is 0 Å². The van der Waals surface area contributed by atoms with Crippen molar-refractivity contribution < 1.29 is 4.79 Å². The van der Waals surface area contributed by atoms with Crippen LogP contribution < -0.4 is 20.4 Å². The van der Waals surface area contributed by atoms with E-state index in [1.54, 1.807) is 4.90 Å². The Bertz CT molecular complexity index is 725. The van der Waals surface area contributed by atoms with Gasteiger partial charge >= 0.3 is 6.03 Å². The minimum Gasteiger partial charge on any atom is -0.388 e. The molecule has 140 valence electrons. The Morgan fingerprint density at radius 1 is 1.38 bits per heavy atom. The van der Waals surface area contributed by atoms with Gasteiger partial charge in [-0.05, 0) is 45.7 Å². The molecule has 7 nitrogen and oxygen atoms in total. The normalized spacial score (nSPS) is 20.0. The zero-order chi connectivity index (χ0) is 18.8. The SMILES string of the molecule is CC(C)NC(=O)N1CC(C)N(C)c2ccc(/C(C=N)=C/NC3CC3)nc21. The number of nitrogens with one attached hydrogen (secondary N) is 3. The third kappa shape index (κ3) is 3.81. The van der Waals surface area contributed by atoms with Gasteiger partial charge in [-0.15, -0.1) is 0 Å². The highest BCUT2D eigenvalue weighted by atomic mass is 16.2. The van der Waals surface area contributed by atoms with Crippen molar-refractivity contribution in [2.75, 3.05) is 23.4 Å². The summed E-state index contributed by atoms with van der Waals surface area (Å²) in [4.78, 5) is 21.3. The third-order valence-electron chi connectivity index (χ3n) is 4.76. The molecule has 1 aliphatic heterocycles. The number of allylic oxidation sites excluding steroid dienone is 1. The molecule has 3 rings (SSSR count). The quantitative estimate of drug-likeness (QED) is 0.708.